The lowest BCUT2D eigenvalue weighted by Crippen LogP contribution is -2.32. The molecule has 0 N–H and O–H groups in total. The highest BCUT2D eigenvalue weighted by molar-refractivity contribution is 5.99. The highest BCUT2D eigenvalue weighted by atomic mass is 19.2. The fraction of sp³-hybridized carbons (Fsp3) is 0.412. The van der Waals surface area contributed by atoms with Gasteiger partial charge < -0.3 is 14.4 Å². The highest BCUT2D eigenvalue weighted by Crippen LogP contribution is 2.35. The molecule has 1 fully saturated rings. The normalized spacial score (nSPS) is 14.2. The van der Waals surface area contributed by atoms with E-state index in [2.05, 4.69) is 0 Å². The monoisotopic (exact) mass is 339 g/mol. The molecule has 7 heteroatoms. The van der Waals surface area contributed by atoms with E-state index in [1.807, 2.05) is 0 Å². The Kier molecular flexibility index (Phi) is 5.89. The summed E-state index contributed by atoms with van der Waals surface area (Å²) >= 11 is 0. The third-order valence-corrected chi connectivity index (χ3v) is 3.38. The molecule has 1 saturated carbocycles. The zero-order valence-electron chi connectivity index (χ0n) is 13.6. The second-order valence-electron chi connectivity index (χ2n) is 5.20. The lowest BCUT2D eigenvalue weighted by molar-refractivity contribution is -0.141. The summed E-state index contributed by atoms with van der Waals surface area (Å²) in [5.74, 6) is -3.44. The predicted molar refractivity (Wildman–Crippen MR) is 83.2 cm³/mol. The standard InChI is InChI=1S/C17H19F2NO4/c1-3-23-16(21)10-15(17(22)24-4-2)20(11-5-6-11)12-7-8-13(18)14(19)9-12/h7-11H,3-6H2,1-2H3/b15-10+. The van der Waals surface area contributed by atoms with Crippen molar-refractivity contribution in [3.63, 3.8) is 0 Å². The number of carbonyl (C=O) groups is 2. The molecular formula is C17H19F2NO4. The van der Waals surface area contributed by atoms with Gasteiger partial charge in [0.2, 0.25) is 0 Å². The van der Waals surface area contributed by atoms with Gasteiger partial charge in [0.25, 0.3) is 0 Å². The molecule has 5 nitrogen and oxygen atoms in total. The molecule has 0 saturated heterocycles. The second-order valence-corrected chi connectivity index (χ2v) is 5.20. The number of hydrogen-bond donors (Lipinski definition) is 0. The number of nitrogens with zero attached hydrogens (tertiary/aromatic N) is 1. The van der Waals surface area contributed by atoms with E-state index in [0.29, 0.717) is 0 Å². The minimum absolute atomic E-state index is 0.0520. The molecule has 0 unspecified atom stereocenters. The molecule has 2 rings (SSSR count). The molecule has 0 atom stereocenters. The summed E-state index contributed by atoms with van der Waals surface area (Å²) in [6.07, 6.45) is 2.55. The van der Waals surface area contributed by atoms with Crippen LogP contribution >= 0.6 is 0 Å². The Morgan fingerprint density at radius 1 is 1.17 bits per heavy atom. The van der Waals surface area contributed by atoms with Crippen LogP contribution in [-0.2, 0) is 19.1 Å². The molecule has 24 heavy (non-hydrogen) atoms. The molecule has 0 heterocycles. The van der Waals surface area contributed by atoms with Gasteiger partial charge in [-0.05, 0) is 38.8 Å². The fourth-order valence-corrected chi connectivity index (χ4v) is 2.24. The van der Waals surface area contributed by atoms with Crippen molar-refractivity contribution in [1.82, 2.24) is 0 Å². The third kappa shape index (κ3) is 4.31. The SMILES string of the molecule is CCOC(=O)/C=C(\C(=O)OCC)N(c1ccc(F)c(F)c1)C1CC1. The Balaban J connectivity index is 2.43. The number of rotatable bonds is 7. The number of anilines is 1. The van der Waals surface area contributed by atoms with E-state index in [-0.39, 0.29) is 30.6 Å². The molecular weight excluding hydrogens is 320 g/mol. The van der Waals surface area contributed by atoms with Crippen molar-refractivity contribution >= 4 is 17.6 Å². The van der Waals surface area contributed by atoms with E-state index < -0.39 is 23.6 Å². The smallest absolute Gasteiger partial charge is 0.355 e. The van der Waals surface area contributed by atoms with E-state index in [0.717, 1.165) is 31.1 Å². The average molecular weight is 339 g/mol. The van der Waals surface area contributed by atoms with Gasteiger partial charge in [0.1, 0.15) is 5.70 Å². The van der Waals surface area contributed by atoms with E-state index in [9.17, 15) is 18.4 Å². The van der Waals surface area contributed by atoms with Crippen LogP contribution in [-0.4, -0.2) is 31.2 Å². The Bertz CT molecular complexity index is 656. The van der Waals surface area contributed by atoms with E-state index in [1.165, 1.54) is 11.0 Å². The van der Waals surface area contributed by atoms with Crippen LogP contribution in [0.5, 0.6) is 0 Å². The van der Waals surface area contributed by atoms with Crippen LogP contribution in [0.1, 0.15) is 26.7 Å². The van der Waals surface area contributed by atoms with Gasteiger partial charge in [-0.2, -0.15) is 0 Å². The summed E-state index contributed by atoms with van der Waals surface area (Å²) < 4.78 is 36.6. The number of benzene rings is 1. The number of esters is 2. The zero-order chi connectivity index (χ0) is 17.7. The Labute approximate surface area is 138 Å². The quantitative estimate of drug-likeness (QED) is 0.565. The predicted octanol–water partition coefficient (Wildman–Crippen LogP) is 2.94. The summed E-state index contributed by atoms with van der Waals surface area (Å²) in [4.78, 5) is 25.6. The second kappa shape index (κ2) is 7.90. The van der Waals surface area contributed by atoms with Crippen molar-refractivity contribution in [1.29, 1.82) is 0 Å². The molecule has 0 bridgehead atoms. The highest BCUT2D eigenvalue weighted by Gasteiger charge is 2.35. The first-order valence-corrected chi connectivity index (χ1v) is 7.77. The Morgan fingerprint density at radius 3 is 2.38 bits per heavy atom. The van der Waals surface area contributed by atoms with Crippen LogP contribution in [0.4, 0.5) is 14.5 Å². The zero-order valence-corrected chi connectivity index (χ0v) is 13.6. The van der Waals surface area contributed by atoms with Gasteiger partial charge in [0.15, 0.2) is 11.6 Å². The summed E-state index contributed by atoms with van der Waals surface area (Å²) in [6, 6.07) is 3.24. The van der Waals surface area contributed by atoms with E-state index in [4.69, 9.17) is 9.47 Å². The third-order valence-electron chi connectivity index (χ3n) is 3.38. The fourth-order valence-electron chi connectivity index (χ4n) is 2.24. The largest absolute Gasteiger partial charge is 0.463 e. The van der Waals surface area contributed by atoms with Gasteiger partial charge >= 0.3 is 11.9 Å². The number of ether oxygens (including phenoxy) is 2. The Morgan fingerprint density at radius 2 is 1.83 bits per heavy atom. The number of carbonyl (C=O) groups excluding carboxylic acids is 2. The van der Waals surface area contributed by atoms with Crippen LogP contribution in [0.3, 0.4) is 0 Å². The number of hydrogen-bond acceptors (Lipinski definition) is 5. The number of halogens is 2. The van der Waals surface area contributed by atoms with Crippen LogP contribution < -0.4 is 4.90 Å². The molecule has 0 radical (unpaired) electrons. The van der Waals surface area contributed by atoms with Gasteiger partial charge in [-0.1, -0.05) is 0 Å². The molecule has 1 aliphatic rings. The first-order chi connectivity index (χ1) is 11.5. The van der Waals surface area contributed by atoms with Crippen LogP contribution in [0.25, 0.3) is 0 Å². The molecule has 1 aromatic carbocycles. The van der Waals surface area contributed by atoms with Gasteiger partial charge in [-0.15, -0.1) is 0 Å². The van der Waals surface area contributed by atoms with Crippen molar-refractivity contribution in [3.05, 3.63) is 41.6 Å². The Hall–Kier alpha value is -2.44. The van der Waals surface area contributed by atoms with E-state index >= 15 is 0 Å². The molecule has 0 spiro atoms. The van der Waals surface area contributed by atoms with Gasteiger partial charge in [0.05, 0.1) is 19.3 Å². The molecule has 1 aromatic rings. The lowest BCUT2D eigenvalue weighted by Gasteiger charge is -2.26. The topological polar surface area (TPSA) is 55.8 Å². The minimum atomic E-state index is -1.03. The van der Waals surface area contributed by atoms with Crippen molar-refractivity contribution < 1.29 is 27.8 Å². The van der Waals surface area contributed by atoms with Crippen molar-refractivity contribution in [3.8, 4) is 0 Å². The first kappa shape index (κ1) is 17.9. The maximum absolute atomic E-state index is 13.6. The van der Waals surface area contributed by atoms with Gasteiger partial charge in [0, 0.05) is 17.8 Å². The first-order valence-electron chi connectivity index (χ1n) is 7.77. The molecule has 130 valence electrons. The molecule has 1 aliphatic carbocycles. The maximum Gasteiger partial charge on any atom is 0.355 e. The van der Waals surface area contributed by atoms with Crippen molar-refractivity contribution in [2.45, 2.75) is 32.7 Å². The van der Waals surface area contributed by atoms with Gasteiger partial charge in [-0.3, -0.25) is 0 Å². The van der Waals surface area contributed by atoms with Crippen molar-refractivity contribution in [2.24, 2.45) is 0 Å². The molecule has 0 amide bonds. The summed E-state index contributed by atoms with van der Waals surface area (Å²) in [5.41, 5.74) is 0.226. The maximum atomic E-state index is 13.6. The summed E-state index contributed by atoms with van der Waals surface area (Å²) in [7, 11) is 0. The van der Waals surface area contributed by atoms with Gasteiger partial charge in [-0.25, -0.2) is 18.4 Å². The minimum Gasteiger partial charge on any atom is -0.463 e. The molecule has 0 aliphatic heterocycles. The van der Waals surface area contributed by atoms with E-state index in [1.54, 1.807) is 13.8 Å². The van der Waals surface area contributed by atoms with Crippen LogP contribution in [0.2, 0.25) is 0 Å². The summed E-state index contributed by atoms with van der Waals surface area (Å²) in [5, 5.41) is 0. The van der Waals surface area contributed by atoms with Crippen LogP contribution in [0.15, 0.2) is 30.0 Å². The summed E-state index contributed by atoms with van der Waals surface area (Å²) in [6.45, 7) is 3.55. The lowest BCUT2D eigenvalue weighted by atomic mass is 10.2. The average Bonchev–Trinajstić information content (AvgIpc) is 3.35. The van der Waals surface area contributed by atoms with Crippen LogP contribution in [0, 0.1) is 11.6 Å². The van der Waals surface area contributed by atoms with Crippen molar-refractivity contribution in [2.75, 3.05) is 18.1 Å². The molecule has 0 aromatic heterocycles.